The summed E-state index contributed by atoms with van der Waals surface area (Å²) in [5, 5.41) is 6.26. The van der Waals surface area contributed by atoms with Crippen molar-refractivity contribution in [1.82, 2.24) is 15.5 Å². The molecule has 5 heteroatoms. The number of hydrogen-bond acceptors (Lipinski definition) is 4. The Morgan fingerprint density at radius 1 is 1.65 bits per heavy atom. The van der Waals surface area contributed by atoms with Gasteiger partial charge in [0, 0.05) is 26.2 Å². The zero-order valence-corrected chi connectivity index (χ0v) is 10.8. The summed E-state index contributed by atoms with van der Waals surface area (Å²) in [6, 6.07) is 0. The summed E-state index contributed by atoms with van der Waals surface area (Å²) in [6.07, 6.45) is 1.06. The third kappa shape index (κ3) is 3.18. The second kappa shape index (κ2) is 5.33. The average Bonchev–Trinajstić information content (AvgIpc) is 2.74. The second-order valence-electron chi connectivity index (χ2n) is 5.45. The fourth-order valence-electron chi connectivity index (χ4n) is 2.42. The maximum atomic E-state index is 12.1. The van der Waals surface area contributed by atoms with Gasteiger partial charge in [0.05, 0.1) is 18.1 Å². The Labute approximate surface area is 103 Å². The quantitative estimate of drug-likeness (QED) is 0.695. The zero-order valence-electron chi connectivity index (χ0n) is 10.8. The molecule has 0 bridgehead atoms. The molecular weight excluding hydrogens is 218 g/mol. The third-order valence-electron chi connectivity index (χ3n) is 3.75. The van der Waals surface area contributed by atoms with Crippen LogP contribution in [0.15, 0.2) is 0 Å². The highest BCUT2D eigenvalue weighted by atomic mass is 16.5. The molecule has 0 aromatic carbocycles. The monoisotopic (exact) mass is 241 g/mol. The van der Waals surface area contributed by atoms with E-state index in [4.69, 9.17) is 4.74 Å². The van der Waals surface area contributed by atoms with Crippen LogP contribution < -0.4 is 10.6 Å². The predicted molar refractivity (Wildman–Crippen MR) is 65.8 cm³/mol. The largest absolute Gasteiger partial charge is 0.374 e. The number of nitrogens with one attached hydrogen (secondary N) is 2. The van der Waals surface area contributed by atoms with Crippen LogP contribution in [0.5, 0.6) is 0 Å². The van der Waals surface area contributed by atoms with Crippen molar-refractivity contribution in [2.24, 2.45) is 5.41 Å². The molecular formula is C12H23N3O2. The van der Waals surface area contributed by atoms with Crippen molar-refractivity contribution in [2.45, 2.75) is 19.4 Å². The first-order chi connectivity index (χ1) is 8.10. The molecule has 2 N–H and O–H groups in total. The van der Waals surface area contributed by atoms with Gasteiger partial charge >= 0.3 is 0 Å². The molecule has 2 saturated heterocycles. The average molecular weight is 241 g/mol. The van der Waals surface area contributed by atoms with Crippen LogP contribution in [0.2, 0.25) is 0 Å². The van der Waals surface area contributed by atoms with Crippen LogP contribution in [0.4, 0.5) is 0 Å². The van der Waals surface area contributed by atoms with Gasteiger partial charge in [0.25, 0.3) is 0 Å². The molecule has 1 amide bonds. The lowest BCUT2D eigenvalue weighted by atomic mass is 9.89. The van der Waals surface area contributed by atoms with Crippen molar-refractivity contribution in [3.63, 3.8) is 0 Å². The number of ether oxygens (including phenoxy) is 1. The van der Waals surface area contributed by atoms with Crippen LogP contribution in [-0.2, 0) is 9.53 Å². The molecule has 2 fully saturated rings. The first-order valence-corrected chi connectivity index (χ1v) is 6.39. The number of morpholine rings is 1. The van der Waals surface area contributed by atoms with Gasteiger partial charge in [-0.3, -0.25) is 4.79 Å². The lowest BCUT2D eigenvalue weighted by molar-refractivity contribution is -0.130. The van der Waals surface area contributed by atoms with E-state index in [0.29, 0.717) is 6.54 Å². The van der Waals surface area contributed by atoms with Crippen LogP contribution >= 0.6 is 0 Å². The molecule has 0 spiro atoms. The van der Waals surface area contributed by atoms with E-state index in [9.17, 15) is 4.79 Å². The SMILES string of the molecule is CN1CCOC(CNC(=O)C2(C)CCNC2)C1. The van der Waals surface area contributed by atoms with Gasteiger partial charge in [-0.15, -0.1) is 0 Å². The lowest BCUT2D eigenvalue weighted by Crippen LogP contribution is -2.49. The molecule has 17 heavy (non-hydrogen) atoms. The van der Waals surface area contributed by atoms with E-state index in [1.807, 2.05) is 6.92 Å². The standard InChI is InChI=1S/C12H23N3O2/c1-12(3-4-13-9-12)11(16)14-7-10-8-15(2)5-6-17-10/h10,13H,3-9H2,1-2H3,(H,14,16). The Bertz CT molecular complexity index is 277. The predicted octanol–water partition coefficient (Wildman–Crippen LogP) is -0.567. The number of hydrogen-bond donors (Lipinski definition) is 2. The first-order valence-electron chi connectivity index (χ1n) is 6.39. The van der Waals surface area contributed by atoms with Gasteiger partial charge in [-0.1, -0.05) is 0 Å². The number of rotatable bonds is 3. The second-order valence-corrected chi connectivity index (χ2v) is 5.45. The van der Waals surface area contributed by atoms with Gasteiger partial charge in [-0.05, 0) is 26.9 Å². The summed E-state index contributed by atoms with van der Waals surface area (Å²) in [6.45, 7) is 7.00. The summed E-state index contributed by atoms with van der Waals surface area (Å²) >= 11 is 0. The Hall–Kier alpha value is -0.650. The molecule has 98 valence electrons. The van der Waals surface area contributed by atoms with E-state index in [1.54, 1.807) is 0 Å². The van der Waals surface area contributed by atoms with Crippen LogP contribution in [0.1, 0.15) is 13.3 Å². The van der Waals surface area contributed by atoms with Gasteiger partial charge in [-0.2, -0.15) is 0 Å². The van der Waals surface area contributed by atoms with Crippen LogP contribution in [0.3, 0.4) is 0 Å². The van der Waals surface area contributed by atoms with E-state index in [-0.39, 0.29) is 17.4 Å². The van der Waals surface area contributed by atoms with E-state index < -0.39 is 0 Å². The van der Waals surface area contributed by atoms with Crippen molar-refractivity contribution in [3.05, 3.63) is 0 Å². The lowest BCUT2D eigenvalue weighted by Gasteiger charge is -2.31. The summed E-state index contributed by atoms with van der Waals surface area (Å²) in [5.41, 5.74) is -0.236. The number of carbonyl (C=O) groups excluding carboxylic acids is 1. The molecule has 0 aromatic rings. The van der Waals surface area contributed by atoms with E-state index in [0.717, 1.165) is 39.2 Å². The molecule has 2 heterocycles. The van der Waals surface area contributed by atoms with Crippen LogP contribution in [0, 0.1) is 5.41 Å². The van der Waals surface area contributed by atoms with Crippen LogP contribution in [-0.4, -0.2) is 63.3 Å². The maximum Gasteiger partial charge on any atom is 0.227 e. The molecule has 2 aliphatic heterocycles. The van der Waals surface area contributed by atoms with E-state index in [1.165, 1.54) is 0 Å². The highest BCUT2D eigenvalue weighted by Gasteiger charge is 2.36. The molecule has 2 aliphatic rings. The highest BCUT2D eigenvalue weighted by molar-refractivity contribution is 5.82. The molecule has 2 unspecified atom stereocenters. The summed E-state index contributed by atoms with van der Waals surface area (Å²) in [5.74, 6) is 0.152. The van der Waals surface area contributed by atoms with Crippen LogP contribution in [0.25, 0.3) is 0 Å². The minimum Gasteiger partial charge on any atom is -0.374 e. The van der Waals surface area contributed by atoms with Gasteiger partial charge in [0.15, 0.2) is 0 Å². The number of carbonyl (C=O) groups is 1. The molecule has 0 aromatic heterocycles. The third-order valence-corrected chi connectivity index (χ3v) is 3.75. The fraction of sp³-hybridized carbons (Fsp3) is 0.917. The Morgan fingerprint density at radius 2 is 2.47 bits per heavy atom. The highest BCUT2D eigenvalue weighted by Crippen LogP contribution is 2.24. The molecule has 0 radical (unpaired) electrons. The number of nitrogens with zero attached hydrogens (tertiary/aromatic N) is 1. The van der Waals surface area contributed by atoms with Crippen molar-refractivity contribution in [1.29, 1.82) is 0 Å². The molecule has 5 nitrogen and oxygen atoms in total. The van der Waals surface area contributed by atoms with Gasteiger partial charge in [0.2, 0.25) is 5.91 Å². The van der Waals surface area contributed by atoms with Gasteiger partial charge in [0.1, 0.15) is 0 Å². The van der Waals surface area contributed by atoms with Crippen molar-refractivity contribution in [2.75, 3.05) is 46.4 Å². The summed E-state index contributed by atoms with van der Waals surface area (Å²) in [7, 11) is 2.08. The molecule has 2 rings (SSSR count). The van der Waals surface area contributed by atoms with Gasteiger partial charge in [-0.25, -0.2) is 0 Å². The molecule has 0 aliphatic carbocycles. The maximum absolute atomic E-state index is 12.1. The molecule has 2 atom stereocenters. The Balaban J connectivity index is 1.75. The fourth-order valence-corrected chi connectivity index (χ4v) is 2.42. The zero-order chi connectivity index (χ0) is 12.3. The smallest absolute Gasteiger partial charge is 0.227 e. The van der Waals surface area contributed by atoms with Gasteiger partial charge < -0.3 is 20.3 Å². The topological polar surface area (TPSA) is 53.6 Å². The number of likely N-dealkylation sites (N-methyl/N-ethyl adjacent to an activating group) is 1. The Kier molecular flexibility index (Phi) is 4.01. The van der Waals surface area contributed by atoms with E-state index >= 15 is 0 Å². The van der Waals surface area contributed by atoms with Crippen molar-refractivity contribution in [3.8, 4) is 0 Å². The summed E-state index contributed by atoms with van der Waals surface area (Å²) < 4.78 is 5.62. The van der Waals surface area contributed by atoms with E-state index in [2.05, 4.69) is 22.6 Å². The minimum atomic E-state index is -0.236. The van der Waals surface area contributed by atoms with Crippen molar-refractivity contribution >= 4 is 5.91 Å². The first kappa shape index (κ1) is 12.8. The normalized spacial score (nSPS) is 34.8. The van der Waals surface area contributed by atoms with Crippen molar-refractivity contribution < 1.29 is 9.53 Å². The molecule has 0 saturated carbocycles. The summed E-state index contributed by atoms with van der Waals surface area (Å²) in [4.78, 5) is 14.3. The Morgan fingerprint density at radius 3 is 3.12 bits per heavy atom. The number of amides is 1. The minimum absolute atomic E-state index is 0.135.